The van der Waals surface area contributed by atoms with Gasteiger partial charge in [0.05, 0.1) is 11.1 Å². The fourth-order valence-corrected chi connectivity index (χ4v) is 2.56. The summed E-state index contributed by atoms with van der Waals surface area (Å²) in [6.07, 6.45) is 0.337. The Kier molecular flexibility index (Phi) is 5.52. The molecule has 2 aromatic carbocycles. The summed E-state index contributed by atoms with van der Waals surface area (Å²) in [6.45, 7) is 3.94. The summed E-state index contributed by atoms with van der Waals surface area (Å²) in [4.78, 5) is 23.6. The van der Waals surface area contributed by atoms with Crippen LogP contribution in [0.5, 0.6) is 0 Å². The molecule has 0 fully saturated rings. The Morgan fingerprint density at radius 1 is 1.00 bits per heavy atom. The molecule has 0 saturated carbocycles. The number of hydrogen-bond donors (Lipinski definition) is 1. The molecule has 0 bridgehead atoms. The molecule has 0 saturated heterocycles. The van der Waals surface area contributed by atoms with E-state index in [-0.39, 0.29) is 23.1 Å². The molecule has 4 heteroatoms. The van der Waals surface area contributed by atoms with E-state index in [1.807, 2.05) is 44.2 Å². The molecule has 0 radical (unpaired) electrons. The average molecular weight is 312 g/mol. The molecule has 0 heterocycles. The Morgan fingerprint density at radius 3 is 2.13 bits per heavy atom. The van der Waals surface area contributed by atoms with Crippen molar-refractivity contribution in [3.05, 3.63) is 71.3 Å². The SMILES string of the molecule is CCC(OC(=O)c1ccccc1C(=O)O)C(C)c1ccccc1. The normalized spacial score (nSPS) is 13.1. The van der Waals surface area contributed by atoms with Gasteiger partial charge in [-0.05, 0) is 24.1 Å². The van der Waals surface area contributed by atoms with E-state index in [1.165, 1.54) is 12.1 Å². The first-order chi connectivity index (χ1) is 11.0. The number of esters is 1. The summed E-state index contributed by atoms with van der Waals surface area (Å²) in [5.41, 5.74) is 1.12. The van der Waals surface area contributed by atoms with E-state index in [0.717, 1.165) is 5.56 Å². The minimum atomic E-state index is -1.14. The number of rotatable bonds is 6. The van der Waals surface area contributed by atoms with Crippen LogP contribution in [0.2, 0.25) is 0 Å². The van der Waals surface area contributed by atoms with Gasteiger partial charge in [-0.3, -0.25) is 0 Å². The van der Waals surface area contributed by atoms with Crippen molar-refractivity contribution >= 4 is 11.9 Å². The zero-order valence-electron chi connectivity index (χ0n) is 13.2. The topological polar surface area (TPSA) is 63.6 Å². The average Bonchev–Trinajstić information content (AvgIpc) is 2.59. The van der Waals surface area contributed by atoms with Crippen molar-refractivity contribution in [3.8, 4) is 0 Å². The smallest absolute Gasteiger partial charge is 0.339 e. The fraction of sp³-hybridized carbons (Fsp3) is 0.263. The second kappa shape index (κ2) is 7.58. The Balaban J connectivity index is 2.19. The van der Waals surface area contributed by atoms with Crippen LogP contribution in [-0.2, 0) is 4.74 Å². The maximum atomic E-state index is 12.4. The molecule has 0 aliphatic rings. The minimum Gasteiger partial charge on any atom is -0.478 e. The molecule has 0 aromatic heterocycles. The van der Waals surface area contributed by atoms with Crippen LogP contribution >= 0.6 is 0 Å². The zero-order chi connectivity index (χ0) is 16.8. The van der Waals surface area contributed by atoms with E-state index in [9.17, 15) is 14.7 Å². The highest BCUT2D eigenvalue weighted by molar-refractivity contribution is 6.02. The van der Waals surface area contributed by atoms with E-state index >= 15 is 0 Å². The molecule has 120 valence electrons. The lowest BCUT2D eigenvalue weighted by Gasteiger charge is -2.23. The van der Waals surface area contributed by atoms with E-state index in [1.54, 1.807) is 12.1 Å². The molecule has 2 aromatic rings. The summed E-state index contributed by atoms with van der Waals surface area (Å²) in [5, 5.41) is 9.19. The van der Waals surface area contributed by atoms with Crippen molar-refractivity contribution < 1.29 is 19.4 Å². The number of ether oxygens (including phenoxy) is 1. The van der Waals surface area contributed by atoms with Crippen molar-refractivity contribution in [2.45, 2.75) is 32.3 Å². The Labute approximate surface area is 135 Å². The number of hydrogen-bond acceptors (Lipinski definition) is 3. The Hall–Kier alpha value is -2.62. The van der Waals surface area contributed by atoms with Gasteiger partial charge in [-0.25, -0.2) is 9.59 Å². The molecular formula is C19H20O4. The van der Waals surface area contributed by atoms with Gasteiger partial charge in [0.15, 0.2) is 0 Å². The van der Waals surface area contributed by atoms with Gasteiger partial charge in [-0.2, -0.15) is 0 Å². The van der Waals surface area contributed by atoms with Crippen molar-refractivity contribution in [3.63, 3.8) is 0 Å². The first-order valence-corrected chi connectivity index (χ1v) is 7.62. The van der Waals surface area contributed by atoms with Gasteiger partial charge in [-0.1, -0.05) is 56.3 Å². The van der Waals surface area contributed by atoms with Gasteiger partial charge in [-0.15, -0.1) is 0 Å². The second-order valence-electron chi connectivity index (χ2n) is 5.40. The van der Waals surface area contributed by atoms with Gasteiger partial charge < -0.3 is 9.84 Å². The van der Waals surface area contributed by atoms with Crippen molar-refractivity contribution in [1.82, 2.24) is 0 Å². The standard InChI is InChI=1S/C19H20O4/c1-3-17(13(2)14-9-5-4-6-10-14)23-19(22)16-12-8-7-11-15(16)18(20)21/h4-13,17H,3H2,1-2H3,(H,20,21). The van der Waals surface area contributed by atoms with E-state index in [4.69, 9.17) is 4.74 Å². The first kappa shape index (κ1) is 16.7. The third kappa shape index (κ3) is 3.97. The van der Waals surface area contributed by atoms with E-state index < -0.39 is 11.9 Å². The number of carbonyl (C=O) groups excluding carboxylic acids is 1. The fourth-order valence-electron chi connectivity index (χ4n) is 2.56. The number of benzene rings is 2. The number of carboxylic acids is 1. The predicted octanol–water partition coefficient (Wildman–Crippen LogP) is 4.12. The highest BCUT2D eigenvalue weighted by Crippen LogP contribution is 2.25. The van der Waals surface area contributed by atoms with E-state index in [2.05, 4.69) is 0 Å². The number of aromatic carboxylic acids is 1. The van der Waals surface area contributed by atoms with Gasteiger partial charge >= 0.3 is 11.9 Å². The third-order valence-electron chi connectivity index (χ3n) is 3.92. The van der Waals surface area contributed by atoms with Crippen LogP contribution in [0.3, 0.4) is 0 Å². The van der Waals surface area contributed by atoms with Crippen LogP contribution in [0.25, 0.3) is 0 Å². The van der Waals surface area contributed by atoms with Crippen molar-refractivity contribution in [2.75, 3.05) is 0 Å². The van der Waals surface area contributed by atoms with Crippen molar-refractivity contribution in [1.29, 1.82) is 0 Å². The number of carbonyl (C=O) groups is 2. The quantitative estimate of drug-likeness (QED) is 0.815. The Bertz CT molecular complexity index is 679. The van der Waals surface area contributed by atoms with Gasteiger partial charge in [0.2, 0.25) is 0 Å². The van der Waals surface area contributed by atoms with E-state index in [0.29, 0.717) is 6.42 Å². The second-order valence-corrected chi connectivity index (χ2v) is 5.40. The summed E-state index contributed by atoms with van der Waals surface area (Å²) in [5.74, 6) is -1.71. The summed E-state index contributed by atoms with van der Waals surface area (Å²) < 4.78 is 5.59. The van der Waals surface area contributed by atoms with Crippen LogP contribution in [-0.4, -0.2) is 23.1 Å². The lowest BCUT2D eigenvalue weighted by molar-refractivity contribution is 0.0232. The van der Waals surface area contributed by atoms with Gasteiger partial charge in [0.25, 0.3) is 0 Å². The lowest BCUT2D eigenvalue weighted by atomic mass is 9.93. The largest absolute Gasteiger partial charge is 0.478 e. The molecule has 0 amide bonds. The van der Waals surface area contributed by atoms with Crippen LogP contribution in [0, 0.1) is 0 Å². The minimum absolute atomic E-state index is 0.0298. The van der Waals surface area contributed by atoms with Crippen LogP contribution in [0.4, 0.5) is 0 Å². The third-order valence-corrected chi connectivity index (χ3v) is 3.92. The summed E-state index contributed by atoms with van der Waals surface area (Å²) >= 11 is 0. The highest BCUT2D eigenvalue weighted by Gasteiger charge is 2.24. The Morgan fingerprint density at radius 2 is 1.57 bits per heavy atom. The van der Waals surface area contributed by atoms with Crippen LogP contribution in [0.1, 0.15) is 52.5 Å². The van der Waals surface area contributed by atoms with Crippen LogP contribution < -0.4 is 0 Å². The maximum Gasteiger partial charge on any atom is 0.339 e. The zero-order valence-corrected chi connectivity index (χ0v) is 13.2. The van der Waals surface area contributed by atoms with Crippen LogP contribution in [0.15, 0.2) is 54.6 Å². The summed E-state index contributed by atoms with van der Waals surface area (Å²) in [7, 11) is 0. The molecular weight excluding hydrogens is 292 g/mol. The number of carboxylic acid groups (broad SMARTS) is 1. The molecule has 4 nitrogen and oxygen atoms in total. The molecule has 1 N–H and O–H groups in total. The molecule has 2 unspecified atom stereocenters. The first-order valence-electron chi connectivity index (χ1n) is 7.62. The molecule has 23 heavy (non-hydrogen) atoms. The monoisotopic (exact) mass is 312 g/mol. The maximum absolute atomic E-state index is 12.4. The molecule has 2 rings (SSSR count). The summed E-state index contributed by atoms with van der Waals surface area (Å²) in [6, 6.07) is 15.9. The van der Waals surface area contributed by atoms with Gasteiger partial charge in [0.1, 0.15) is 6.10 Å². The molecule has 0 spiro atoms. The molecule has 0 aliphatic heterocycles. The highest BCUT2D eigenvalue weighted by atomic mass is 16.5. The van der Waals surface area contributed by atoms with Gasteiger partial charge in [0, 0.05) is 5.92 Å². The molecule has 2 atom stereocenters. The predicted molar refractivity (Wildman–Crippen MR) is 87.8 cm³/mol. The van der Waals surface area contributed by atoms with Crippen molar-refractivity contribution in [2.24, 2.45) is 0 Å². The molecule has 0 aliphatic carbocycles. The lowest BCUT2D eigenvalue weighted by Crippen LogP contribution is -2.24.